The minimum Gasteiger partial charge on any atom is -0.393 e. The van der Waals surface area contributed by atoms with E-state index in [2.05, 4.69) is 17.0 Å². The van der Waals surface area contributed by atoms with Crippen LogP contribution in [-0.2, 0) is 13.0 Å². The van der Waals surface area contributed by atoms with E-state index < -0.39 is 0 Å². The Morgan fingerprint density at radius 3 is 2.61 bits per heavy atom. The van der Waals surface area contributed by atoms with Crippen LogP contribution in [0.4, 0.5) is 0 Å². The average Bonchev–Trinajstić information content (AvgIpc) is 2.33. The molecule has 1 aliphatic rings. The van der Waals surface area contributed by atoms with E-state index in [1.807, 2.05) is 6.07 Å². The lowest BCUT2D eigenvalue weighted by molar-refractivity contribution is 0.195. The molecule has 100 valence electrons. The van der Waals surface area contributed by atoms with Gasteiger partial charge < -0.3 is 5.11 Å². The van der Waals surface area contributed by atoms with Crippen molar-refractivity contribution in [3.63, 3.8) is 0 Å². The van der Waals surface area contributed by atoms with Crippen molar-refractivity contribution < 1.29 is 5.11 Å². The van der Waals surface area contributed by atoms with Gasteiger partial charge in [0.1, 0.15) is 0 Å². The predicted octanol–water partition coefficient (Wildman–Crippen LogP) is 3.25. The number of aliphatic hydroxyl groups excluding tert-OH is 1. The van der Waals surface area contributed by atoms with Crippen molar-refractivity contribution in [2.75, 3.05) is 13.1 Å². The summed E-state index contributed by atoms with van der Waals surface area (Å²) >= 11 is 6.32. The van der Waals surface area contributed by atoms with Gasteiger partial charge in [0, 0.05) is 11.6 Å². The highest BCUT2D eigenvalue weighted by Gasteiger charge is 2.12. The third kappa shape index (κ3) is 3.98. The summed E-state index contributed by atoms with van der Waals surface area (Å²) in [7, 11) is 0. The Bertz CT molecular complexity index is 386. The van der Waals surface area contributed by atoms with Gasteiger partial charge in [-0.1, -0.05) is 30.2 Å². The Kier molecular flexibility index (Phi) is 5.04. The van der Waals surface area contributed by atoms with Crippen molar-refractivity contribution in [2.24, 2.45) is 0 Å². The second-order valence-corrected chi connectivity index (χ2v) is 5.72. The fourth-order valence-electron chi connectivity index (χ4n) is 2.55. The highest BCUT2D eigenvalue weighted by atomic mass is 35.5. The number of hydrogen-bond donors (Lipinski definition) is 1. The van der Waals surface area contributed by atoms with Crippen LogP contribution in [0.5, 0.6) is 0 Å². The zero-order valence-corrected chi connectivity index (χ0v) is 11.8. The van der Waals surface area contributed by atoms with Crippen molar-refractivity contribution in [3.05, 3.63) is 34.3 Å². The van der Waals surface area contributed by atoms with E-state index in [0.29, 0.717) is 6.42 Å². The Morgan fingerprint density at radius 2 is 2.00 bits per heavy atom. The molecule has 1 aliphatic heterocycles. The van der Waals surface area contributed by atoms with Crippen LogP contribution in [0.25, 0.3) is 0 Å². The highest BCUT2D eigenvalue weighted by Crippen LogP contribution is 2.22. The molecule has 0 aromatic heterocycles. The summed E-state index contributed by atoms with van der Waals surface area (Å²) in [6, 6.07) is 6.18. The molecule has 1 fully saturated rings. The molecule has 3 heteroatoms. The topological polar surface area (TPSA) is 23.5 Å². The maximum Gasteiger partial charge on any atom is 0.0552 e. The Labute approximate surface area is 115 Å². The molecule has 0 bridgehead atoms. The molecule has 18 heavy (non-hydrogen) atoms. The second kappa shape index (κ2) is 6.55. The molecule has 1 atom stereocenters. The van der Waals surface area contributed by atoms with Crippen LogP contribution >= 0.6 is 11.6 Å². The molecule has 1 heterocycles. The van der Waals surface area contributed by atoms with Crippen LogP contribution in [-0.4, -0.2) is 29.2 Å². The molecule has 1 aromatic rings. The Balaban J connectivity index is 2.00. The van der Waals surface area contributed by atoms with Gasteiger partial charge in [-0.25, -0.2) is 0 Å². The van der Waals surface area contributed by atoms with Gasteiger partial charge in [0.2, 0.25) is 0 Å². The molecule has 0 radical (unpaired) electrons. The number of benzene rings is 1. The smallest absolute Gasteiger partial charge is 0.0552 e. The molecule has 1 aromatic carbocycles. The standard InChI is InChI=1S/C15H22ClNO/c1-12(18)9-13-5-6-14(15(16)10-13)11-17-7-3-2-4-8-17/h5-6,10,12,18H,2-4,7-9,11H2,1H3. The molecule has 1 N–H and O–H groups in total. The van der Waals surface area contributed by atoms with Crippen LogP contribution in [0.15, 0.2) is 18.2 Å². The first-order valence-electron chi connectivity index (χ1n) is 6.83. The number of piperidine rings is 1. The van der Waals surface area contributed by atoms with E-state index in [9.17, 15) is 5.11 Å². The van der Waals surface area contributed by atoms with Crippen LogP contribution < -0.4 is 0 Å². The first-order chi connectivity index (χ1) is 8.65. The van der Waals surface area contributed by atoms with Crippen molar-refractivity contribution in [2.45, 2.75) is 45.3 Å². The molecule has 2 rings (SSSR count). The molecule has 2 nitrogen and oxygen atoms in total. The lowest BCUT2D eigenvalue weighted by atomic mass is 10.1. The zero-order chi connectivity index (χ0) is 13.0. The van der Waals surface area contributed by atoms with Crippen molar-refractivity contribution in [3.8, 4) is 0 Å². The predicted molar refractivity (Wildman–Crippen MR) is 76.0 cm³/mol. The van der Waals surface area contributed by atoms with Gasteiger partial charge in [0.05, 0.1) is 6.10 Å². The second-order valence-electron chi connectivity index (χ2n) is 5.32. The molecule has 1 unspecified atom stereocenters. The van der Waals surface area contributed by atoms with Gasteiger partial charge in [-0.2, -0.15) is 0 Å². The first kappa shape index (κ1) is 13.9. The third-order valence-electron chi connectivity index (χ3n) is 3.49. The minimum atomic E-state index is -0.311. The van der Waals surface area contributed by atoms with Gasteiger partial charge in [-0.3, -0.25) is 4.90 Å². The molecule has 0 spiro atoms. The first-order valence-corrected chi connectivity index (χ1v) is 7.20. The normalized spacial score (nSPS) is 18.8. The third-order valence-corrected chi connectivity index (χ3v) is 3.84. The molecular formula is C15H22ClNO. The van der Waals surface area contributed by atoms with Crippen LogP contribution in [0, 0.1) is 0 Å². The maximum atomic E-state index is 9.38. The molecule has 0 saturated carbocycles. The summed E-state index contributed by atoms with van der Waals surface area (Å²) < 4.78 is 0. The van der Waals surface area contributed by atoms with E-state index in [-0.39, 0.29) is 6.10 Å². The van der Waals surface area contributed by atoms with Crippen LogP contribution in [0.1, 0.15) is 37.3 Å². The number of likely N-dealkylation sites (tertiary alicyclic amines) is 1. The maximum absolute atomic E-state index is 9.38. The van der Waals surface area contributed by atoms with Gasteiger partial charge in [-0.05, 0) is 56.5 Å². The Morgan fingerprint density at radius 1 is 1.28 bits per heavy atom. The zero-order valence-electron chi connectivity index (χ0n) is 11.0. The van der Waals surface area contributed by atoms with Gasteiger partial charge in [-0.15, -0.1) is 0 Å². The van der Waals surface area contributed by atoms with E-state index in [1.165, 1.54) is 37.9 Å². The van der Waals surface area contributed by atoms with Gasteiger partial charge in [0.15, 0.2) is 0 Å². The van der Waals surface area contributed by atoms with Gasteiger partial charge >= 0.3 is 0 Å². The van der Waals surface area contributed by atoms with Crippen LogP contribution in [0.2, 0.25) is 5.02 Å². The van der Waals surface area contributed by atoms with Crippen molar-refractivity contribution in [1.29, 1.82) is 0 Å². The molecule has 0 amide bonds. The lowest BCUT2D eigenvalue weighted by Crippen LogP contribution is -2.29. The summed E-state index contributed by atoms with van der Waals surface area (Å²) in [5.41, 5.74) is 2.31. The SMILES string of the molecule is CC(O)Cc1ccc(CN2CCCCC2)c(Cl)c1. The summed E-state index contributed by atoms with van der Waals surface area (Å²) in [6.07, 6.45) is 4.32. The summed E-state index contributed by atoms with van der Waals surface area (Å²) in [5, 5.41) is 10.2. The fourth-order valence-corrected chi connectivity index (χ4v) is 2.81. The van der Waals surface area contributed by atoms with E-state index >= 15 is 0 Å². The Hall–Kier alpha value is -0.570. The molecule has 0 aliphatic carbocycles. The quantitative estimate of drug-likeness (QED) is 0.905. The van der Waals surface area contributed by atoms with E-state index in [0.717, 1.165) is 17.1 Å². The van der Waals surface area contributed by atoms with Gasteiger partial charge in [0.25, 0.3) is 0 Å². The number of hydrogen-bond acceptors (Lipinski definition) is 2. The monoisotopic (exact) mass is 267 g/mol. The number of aliphatic hydroxyl groups is 1. The number of rotatable bonds is 4. The largest absolute Gasteiger partial charge is 0.393 e. The van der Waals surface area contributed by atoms with Crippen molar-refractivity contribution in [1.82, 2.24) is 4.90 Å². The van der Waals surface area contributed by atoms with E-state index in [1.54, 1.807) is 6.92 Å². The number of nitrogens with zero attached hydrogens (tertiary/aromatic N) is 1. The highest BCUT2D eigenvalue weighted by molar-refractivity contribution is 6.31. The van der Waals surface area contributed by atoms with E-state index in [4.69, 9.17) is 11.6 Å². The van der Waals surface area contributed by atoms with Crippen molar-refractivity contribution >= 4 is 11.6 Å². The summed E-state index contributed by atoms with van der Waals surface area (Å²) in [6.45, 7) is 5.13. The molecular weight excluding hydrogens is 246 g/mol. The summed E-state index contributed by atoms with van der Waals surface area (Å²) in [4.78, 5) is 2.47. The fraction of sp³-hybridized carbons (Fsp3) is 0.600. The minimum absolute atomic E-state index is 0.311. The number of halogens is 1. The molecule has 1 saturated heterocycles. The lowest BCUT2D eigenvalue weighted by Gasteiger charge is -2.26. The average molecular weight is 268 g/mol. The summed E-state index contributed by atoms with van der Waals surface area (Å²) in [5.74, 6) is 0. The van der Waals surface area contributed by atoms with Crippen LogP contribution in [0.3, 0.4) is 0 Å².